The molecular weight excluding hydrogens is 313 g/mol. The second kappa shape index (κ2) is 5.73. The summed E-state index contributed by atoms with van der Waals surface area (Å²) in [6.45, 7) is 0. The average molecular weight is 333 g/mol. The van der Waals surface area contributed by atoms with Gasteiger partial charge in [-0.15, -0.1) is 0 Å². The number of rotatable bonds is 2. The van der Waals surface area contributed by atoms with Gasteiger partial charge in [0, 0.05) is 34.9 Å². The molecule has 0 bridgehead atoms. The fraction of sp³-hybridized carbons (Fsp3) is 0.286. The number of H-pyrrole nitrogens is 1. The molecule has 4 heteroatoms. The number of aromatic nitrogens is 3. The van der Waals surface area contributed by atoms with Crippen LogP contribution < -0.4 is 0 Å². The van der Waals surface area contributed by atoms with Crippen molar-refractivity contribution in [3.8, 4) is 11.3 Å². The quantitative estimate of drug-likeness (QED) is 0.492. The van der Waals surface area contributed by atoms with Crippen LogP contribution in [0.1, 0.15) is 38.1 Å². The first kappa shape index (κ1) is 14.7. The van der Waals surface area contributed by atoms with E-state index in [-0.39, 0.29) is 5.82 Å². The SMILES string of the molecule is Fc1ccc(-c2cc3cnc4[nH]ccc4c3n2C2CCCCC2)cc1. The summed E-state index contributed by atoms with van der Waals surface area (Å²) in [6.07, 6.45) is 10.2. The predicted octanol–water partition coefficient (Wildman–Crippen LogP) is 5.83. The van der Waals surface area contributed by atoms with Gasteiger partial charge in [0.05, 0.1) is 5.52 Å². The summed E-state index contributed by atoms with van der Waals surface area (Å²) < 4.78 is 15.9. The van der Waals surface area contributed by atoms with Crippen LogP contribution in [0.3, 0.4) is 0 Å². The summed E-state index contributed by atoms with van der Waals surface area (Å²) in [4.78, 5) is 7.77. The van der Waals surface area contributed by atoms with Crippen molar-refractivity contribution in [3.05, 3.63) is 54.6 Å². The van der Waals surface area contributed by atoms with Crippen molar-refractivity contribution in [1.29, 1.82) is 0 Å². The zero-order valence-corrected chi connectivity index (χ0v) is 14.0. The number of hydrogen-bond acceptors (Lipinski definition) is 1. The van der Waals surface area contributed by atoms with Crippen molar-refractivity contribution in [2.75, 3.05) is 0 Å². The molecule has 3 nitrogen and oxygen atoms in total. The molecule has 4 aromatic rings. The van der Waals surface area contributed by atoms with Crippen molar-refractivity contribution in [2.24, 2.45) is 0 Å². The summed E-state index contributed by atoms with van der Waals surface area (Å²) in [7, 11) is 0. The molecule has 25 heavy (non-hydrogen) atoms. The number of pyridine rings is 1. The Kier molecular flexibility index (Phi) is 3.37. The number of nitrogens with one attached hydrogen (secondary N) is 1. The largest absolute Gasteiger partial charge is 0.346 e. The number of nitrogens with zero attached hydrogens (tertiary/aromatic N) is 2. The highest BCUT2D eigenvalue weighted by molar-refractivity contribution is 6.05. The second-order valence-corrected chi connectivity index (χ2v) is 7.00. The van der Waals surface area contributed by atoms with E-state index in [2.05, 4.69) is 26.7 Å². The Bertz CT molecular complexity index is 1040. The van der Waals surface area contributed by atoms with E-state index in [1.165, 1.54) is 37.6 Å². The first-order chi connectivity index (χ1) is 12.3. The molecule has 0 amide bonds. The van der Waals surface area contributed by atoms with Crippen LogP contribution in [-0.2, 0) is 0 Å². The summed E-state index contributed by atoms with van der Waals surface area (Å²) in [5, 5.41) is 2.31. The first-order valence-corrected chi connectivity index (χ1v) is 9.04. The summed E-state index contributed by atoms with van der Waals surface area (Å²) in [5.41, 5.74) is 4.40. The molecular formula is C21H20FN3. The Morgan fingerprint density at radius 1 is 1.04 bits per heavy atom. The molecule has 1 aromatic carbocycles. The smallest absolute Gasteiger partial charge is 0.139 e. The molecule has 1 fully saturated rings. The third kappa shape index (κ3) is 2.36. The minimum absolute atomic E-state index is 0.196. The molecule has 3 heterocycles. The van der Waals surface area contributed by atoms with Crippen LogP contribution in [0.5, 0.6) is 0 Å². The Balaban J connectivity index is 1.82. The molecule has 0 saturated heterocycles. The van der Waals surface area contributed by atoms with Gasteiger partial charge in [-0.1, -0.05) is 19.3 Å². The third-order valence-electron chi connectivity index (χ3n) is 5.46. The van der Waals surface area contributed by atoms with Gasteiger partial charge in [-0.25, -0.2) is 9.37 Å². The topological polar surface area (TPSA) is 33.6 Å². The Hall–Kier alpha value is -2.62. The minimum Gasteiger partial charge on any atom is -0.346 e. The molecule has 5 rings (SSSR count). The molecule has 0 spiro atoms. The van der Waals surface area contributed by atoms with Gasteiger partial charge in [-0.3, -0.25) is 0 Å². The van der Waals surface area contributed by atoms with Crippen LogP contribution in [0.2, 0.25) is 0 Å². The highest BCUT2D eigenvalue weighted by atomic mass is 19.1. The van der Waals surface area contributed by atoms with E-state index < -0.39 is 0 Å². The van der Waals surface area contributed by atoms with Crippen molar-refractivity contribution in [2.45, 2.75) is 38.1 Å². The van der Waals surface area contributed by atoms with Gasteiger partial charge in [-0.05, 0) is 54.8 Å². The van der Waals surface area contributed by atoms with E-state index in [1.807, 2.05) is 24.5 Å². The molecule has 0 unspecified atom stereocenters. The monoisotopic (exact) mass is 333 g/mol. The van der Waals surface area contributed by atoms with Crippen LogP contribution >= 0.6 is 0 Å². The molecule has 1 N–H and O–H groups in total. The van der Waals surface area contributed by atoms with E-state index in [9.17, 15) is 4.39 Å². The summed E-state index contributed by atoms with van der Waals surface area (Å²) in [5.74, 6) is -0.196. The molecule has 1 aliphatic carbocycles. The number of halogens is 1. The van der Waals surface area contributed by atoms with E-state index in [0.29, 0.717) is 6.04 Å². The average Bonchev–Trinajstić information content (AvgIpc) is 3.27. The Labute approximate surface area is 145 Å². The normalized spacial score (nSPS) is 16.0. The van der Waals surface area contributed by atoms with Crippen LogP contribution in [0, 0.1) is 5.82 Å². The summed E-state index contributed by atoms with van der Waals surface area (Å²) >= 11 is 0. The van der Waals surface area contributed by atoms with E-state index in [0.717, 1.165) is 27.7 Å². The zero-order valence-electron chi connectivity index (χ0n) is 14.0. The highest BCUT2D eigenvalue weighted by Crippen LogP contribution is 2.39. The first-order valence-electron chi connectivity index (χ1n) is 9.04. The van der Waals surface area contributed by atoms with Crippen molar-refractivity contribution >= 4 is 21.9 Å². The van der Waals surface area contributed by atoms with Crippen molar-refractivity contribution in [1.82, 2.24) is 14.5 Å². The lowest BCUT2D eigenvalue weighted by atomic mass is 9.94. The maximum Gasteiger partial charge on any atom is 0.139 e. The number of aromatic amines is 1. The molecule has 0 atom stereocenters. The molecule has 0 radical (unpaired) electrons. The molecule has 1 aliphatic rings. The van der Waals surface area contributed by atoms with Gasteiger partial charge in [0.1, 0.15) is 11.5 Å². The van der Waals surface area contributed by atoms with Gasteiger partial charge in [0.25, 0.3) is 0 Å². The fourth-order valence-electron chi connectivity index (χ4n) is 4.28. The lowest BCUT2D eigenvalue weighted by molar-refractivity contribution is 0.363. The molecule has 126 valence electrons. The number of fused-ring (bicyclic) bond motifs is 3. The molecule has 0 aliphatic heterocycles. The van der Waals surface area contributed by atoms with Gasteiger partial charge >= 0.3 is 0 Å². The zero-order chi connectivity index (χ0) is 16.8. The van der Waals surface area contributed by atoms with Gasteiger partial charge in [0.15, 0.2) is 0 Å². The van der Waals surface area contributed by atoms with Crippen LogP contribution in [0.25, 0.3) is 33.2 Å². The maximum absolute atomic E-state index is 13.4. The Morgan fingerprint density at radius 3 is 2.64 bits per heavy atom. The highest BCUT2D eigenvalue weighted by Gasteiger charge is 2.22. The minimum atomic E-state index is -0.196. The van der Waals surface area contributed by atoms with Gasteiger partial charge in [0.2, 0.25) is 0 Å². The Morgan fingerprint density at radius 2 is 1.84 bits per heavy atom. The summed E-state index contributed by atoms with van der Waals surface area (Å²) in [6, 6.07) is 11.7. The number of benzene rings is 1. The van der Waals surface area contributed by atoms with Gasteiger partial charge < -0.3 is 9.55 Å². The predicted molar refractivity (Wildman–Crippen MR) is 99.1 cm³/mol. The van der Waals surface area contributed by atoms with Crippen molar-refractivity contribution in [3.63, 3.8) is 0 Å². The third-order valence-corrected chi connectivity index (χ3v) is 5.46. The van der Waals surface area contributed by atoms with Crippen LogP contribution in [-0.4, -0.2) is 14.5 Å². The molecule has 3 aromatic heterocycles. The van der Waals surface area contributed by atoms with E-state index >= 15 is 0 Å². The standard InChI is InChI=1S/C21H20FN3/c22-16-8-6-14(7-9-16)19-12-15-13-24-21-18(10-11-23-21)20(15)25(19)17-4-2-1-3-5-17/h6-13,17H,1-5H2,(H,23,24). The van der Waals surface area contributed by atoms with E-state index in [1.54, 1.807) is 12.1 Å². The number of hydrogen-bond donors (Lipinski definition) is 1. The van der Waals surface area contributed by atoms with Crippen molar-refractivity contribution < 1.29 is 4.39 Å². The lowest BCUT2D eigenvalue weighted by Crippen LogP contribution is -2.13. The fourth-order valence-corrected chi connectivity index (χ4v) is 4.28. The molecule has 1 saturated carbocycles. The van der Waals surface area contributed by atoms with Gasteiger partial charge in [-0.2, -0.15) is 0 Å². The lowest BCUT2D eigenvalue weighted by Gasteiger charge is -2.27. The maximum atomic E-state index is 13.4. The second-order valence-electron chi connectivity index (χ2n) is 7.00. The van der Waals surface area contributed by atoms with Crippen LogP contribution in [0.4, 0.5) is 4.39 Å². The van der Waals surface area contributed by atoms with E-state index in [4.69, 9.17) is 0 Å². The van der Waals surface area contributed by atoms with Crippen LogP contribution in [0.15, 0.2) is 48.8 Å².